The van der Waals surface area contributed by atoms with Crippen LogP contribution in [-0.4, -0.2) is 24.4 Å². The number of benzene rings is 2. The standard InChI is InChI=1S/C20H21ClN2O2/c1-13(2)18(22-19(24)15-8-4-5-9-16(15)21)20(25)23-12-11-14-7-3-6-10-17(14)23/h3-10,13,18H,11-12H2,1-2H3,(H,22,24)/t18-/m0/s1. The molecule has 1 aliphatic rings. The number of hydrogen-bond donors (Lipinski definition) is 1. The molecular formula is C20H21ClN2O2. The molecule has 1 atom stereocenters. The van der Waals surface area contributed by atoms with Crippen molar-refractivity contribution in [3.63, 3.8) is 0 Å². The van der Waals surface area contributed by atoms with E-state index in [1.807, 2.05) is 38.1 Å². The van der Waals surface area contributed by atoms with Gasteiger partial charge in [0.1, 0.15) is 6.04 Å². The molecule has 0 fully saturated rings. The van der Waals surface area contributed by atoms with Crippen LogP contribution in [0.2, 0.25) is 5.02 Å². The molecule has 2 aromatic carbocycles. The van der Waals surface area contributed by atoms with Crippen LogP contribution in [0.3, 0.4) is 0 Å². The molecule has 0 aliphatic carbocycles. The molecule has 1 N–H and O–H groups in total. The Hall–Kier alpha value is -2.33. The van der Waals surface area contributed by atoms with E-state index in [1.54, 1.807) is 29.2 Å². The summed E-state index contributed by atoms with van der Waals surface area (Å²) in [6, 6.07) is 14.1. The van der Waals surface area contributed by atoms with Gasteiger partial charge in [-0.2, -0.15) is 0 Å². The van der Waals surface area contributed by atoms with Gasteiger partial charge in [-0.25, -0.2) is 0 Å². The fourth-order valence-corrected chi connectivity index (χ4v) is 3.33. The van der Waals surface area contributed by atoms with Gasteiger partial charge in [0.05, 0.1) is 10.6 Å². The van der Waals surface area contributed by atoms with Crippen molar-refractivity contribution in [2.45, 2.75) is 26.3 Å². The van der Waals surface area contributed by atoms with Crippen LogP contribution in [0.25, 0.3) is 0 Å². The van der Waals surface area contributed by atoms with E-state index in [2.05, 4.69) is 5.32 Å². The van der Waals surface area contributed by atoms with Crippen LogP contribution in [0.5, 0.6) is 0 Å². The van der Waals surface area contributed by atoms with Crippen molar-refractivity contribution in [2.24, 2.45) is 5.92 Å². The number of para-hydroxylation sites is 1. The Balaban J connectivity index is 1.81. The normalized spacial score (nSPS) is 14.3. The molecule has 0 unspecified atom stereocenters. The molecule has 0 spiro atoms. The fourth-order valence-electron chi connectivity index (χ4n) is 3.11. The van der Waals surface area contributed by atoms with Crippen molar-refractivity contribution >= 4 is 29.1 Å². The number of amides is 2. The van der Waals surface area contributed by atoms with E-state index in [9.17, 15) is 9.59 Å². The average Bonchev–Trinajstić information content (AvgIpc) is 3.03. The Kier molecular flexibility index (Phi) is 5.09. The highest BCUT2D eigenvalue weighted by Crippen LogP contribution is 2.28. The van der Waals surface area contributed by atoms with Crippen molar-refractivity contribution in [1.82, 2.24) is 5.32 Å². The maximum Gasteiger partial charge on any atom is 0.253 e. The van der Waals surface area contributed by atoms with Crippen molar-refractivity contribution in [1.29, 1.82) is 0 Å². The van der Waals surface area contributed by atoms with Gasteiger partial charge in [-0.1, -0.05) is 55.8 Å². The van der Waals surface area contributed by atoms with Gasteiger partial charge in [-0.3, -0.25) is 9.59 Å². The zero-order valence-corrected chi connectivity index (χ0v) is 15.1. The second-order valence-electron chi connectivity index (χ2n) is 6.54. The third-order valence-corrected chi connectivity index (χ3v) is 4.82. The summed E-state index contributed by atoms with van der Waals surface area (Å²) in [6.07, 6.45) is 0.838. The molecule has 1 aliphatic heterocycles. The first-order valence-electron chi connectivity index (χ1n) is 8.43. The van der Waals surface area contributed by atoms with Gasteiger partial charge in [0.2, 0.25) is 5.91 Å². The molecule has 0 aromatic heterocycles. The van der Waals surface area contributed by atoms with Crippen LogP contribution >= 0.6 is 11.6 Å². The summed E-state index contributed by atoms with van der Waals surface area (Å²) in [4.78, 5) is 27.4. The highest BCUT2D eigenvalue weighted by molar-refractivity contribution is 6.33. The maximum absolute atomic E-state index is 13.1. The molecule has 3 rings (SSSR count). The number of carbonyl (C=O) groups is 2. The van der Waals surface area contributed by atoms with Crippen molar-refractivity contribution in [3.05, 3.63) is 64.7 Å². The number of anilines is 1. The number of hydrogen-bond acceptors (Lipinski definition) is 2. The summed E-state index contributed by atoms with van der Waals surface area (Å²) in [6.45, 7) is 4.50. The molecule has 5 heteroatoms. The molecule has 130 valence electrons. The smallest absolute Gasteiger partial charge is 0.253 e. The topological polar surface area (TPSA) is 49.4 Å². The van der Waals surface area contributed by atoms with Crippen LogP contribution in [0.4, 0.5) is 5.69 Å². The van der Waals surface area contributed by atoms with E-state index in [1.165, 1.54) is 0 Å². The molecule has 0 radical (unpaired) electrons. The summed E-state index contributed by atoms with van der Waals surface area (Å²) >= 11 is 6.10. The number of nitrogens with zero attached hydrogens (tertiary/aromatic N) is 1. The van der Waals surface area contributed by atoms with Crippen LogP contribution in [0, 0.1) is 5.92 Å². The van der Waals surface area contributed by atoms with E-state index in [0.717, 1.165) is 17.7 Å². The Bertz CT molecular complexity index is 804. The van der Waals surface area contributed by atoms with E-state index in [0.29, 0.717) is 17.1 Å². The van der Waals surface area contributed by atoms with Gasteiger partial charge in [-0.05, 0) is 36.1 Å². The second-order valence-corrected chi connectivity index (χ2v) is 6.95. The third-order valence-electron chi connectivity index (χ3n) is 4.49. The highest BCUT2D eigenvalue weighted by Gasteiger charge is 2.33. The fraction of sp³-hybridized carbons (Fsp3) is 0.300. The Labute approximate surface area is 152 Å². The van der Waals surface area contributed by atoms with Gasteiger partial charge in [-0.15, -0.1) is 0 Å². The first-order valence-corrected chi connectivity index (χ1v) is 8.81. The zero-order valence-electron chi connectivity index (χ0n) is 14.3. The monoisotopic (exact) mass is 356 g/mol. The molecule has 2 aromatic rings. The molecule has 0 saturated carbocycles. The van der Waals surface area contributed by atoms with Crippen LogP contribution in [0.1, 0.15) is 29.8 Å². The minimum atomic E-state index is -0.602. The number of rotatable bonds is 4. The molecule has 0 bridgehead atoms. The first-order chi connectivity index (χ1) is 12.0. The Morgan fingerprint density at radius 3 is 2.48 bits per heavy atom. The number of nitrogens with one attached hydrogen (secondary N) is 1. The predicted octanol–water partition coefficient (Wildman–Crippen LogP) is 3.68. The summed E-state index contributed by atoms with van der Waals surface area (Å²) in [5, 5.41) is 3.24. The average molecular weight is 357 g/mol. The lowest BCUT2D eigenvalue weighted by atomic mass is 10.0. The molecule has 1 heterocycles. The number of fused-ring (bicyclic) bond motifs is 1. The Morgan fingerprint density at radius 1 is 1.08 bits per heavy atom. The minimum absolute atomic E-state index is 0.0355. The lowest BCUT2D eigenvalue weighted by molar-refractivity contribution is -0.121. The molecule has 0 saturated heterocycles. The third kappa shape index (κ3) is 3.54. The van der Waals surface area contributed by atoms with Gasteiger partial charge >= 0.3 is 0 Å². The van der Waals surface area contributed by atoms with Gasteiger partial charge < -0.3 is 10.2 Å². The molecule has 25 heavy (non-hydrogen) atoms. The summed E-state index contributed by atoms with van der Waals surface area (Å²) in [5.41, 5.74) is 2.48. The van der Waals surface area contributed by atoms with Crippen LogP contribution < -0.4 is 10.2 Å². The quantitative estimate of drug-likeness (QED) is 0.908. The van der Waals surface area contributed by atoms with E-state index < -0.39 is 6.04 Å². The van der Waals surface area contributed by atoms with Gasteiger partial charge in [0.15, 0.2) is 0 Å². The Morgan fingerprint density at radius 2 is 1.76 bits per heavy atom. The summed E-state index contributed by atoms with van der Waals surface area (Å²) < 4.78 is 0. The lowest BCUT2D eigenvalue weighted by Gasteiger charge is -2.27. The maximum atomic E-state index is 13.1. The van der Waals surface area contributed by atoms with E-state index in [-0.39, 0.29) is 17.7 Å². The number of halogens is 1. The molecular weight excluding hydrogens is 336 g/mol. The first kappa shape index (κ1) is 17.5. The number of carbonyl (C=O) groups excluding carboxylic acids is 2. The predicted molar refractivity (Wildman–Crippen MR) is 100 cm³/mol. The highest BCUT2D eigenvalue weighted by atomic mass is 35.5. The van der Waals surface area contributed by atoms with E-state index in [4.69, 9.17) is 11.6 Å². The molecule has 2 amide bonds. The van der Waals surface area contributed by atoms with E-state index >= 15 is 0 Å². The SMILES string of the molecule is CC(C)[C@H](NC(=O)c1ccccc1Cl)C(=O)N1CCc2ccccc21. The van der Waals surface area contributed by atoms with Gasteiger partial charge in [0, 0.05) is 12.2 Å². The van der Waals surface area contributed by atoms with Crippen molar-refractivity contribution in [2.75, 3.05) is 11.4 Å². The van der Waals surface area contributed by atoms with Crippen molar-refractivity contribution < 1.29 is 9.59 Å². The summed E-state index contributed by atoms with van der Waals surface area (Å²) in [7, 11) is 0. The lowest BCUT2D eigenvalue weighted by Crippen LogP contribution is -2.51. The van der Waals surface area contributed by atoms with Crippen molar-refractivity contribution in [3.8, 4) is 0 Å². The summed E-state index contributed by atoms with van der Waals surface area (Å²) in [5.74, 6) is -0.447. The minimum Gasteiger partial charge on any atom is -0.340 e. The zero-order chi connectivity index (χ0) is 18.0. The van der Waals surface area contributed by atoms with Gasteiger partial charge in [0.25, 0.3) is 5.91 Å². The van der Waals surface area contributed by atoms with Crippen LogP contribution in [-0.2, 0) is 11.2 Å². The van der Waals surface area contributed by atoms with Crippen LogP contribution in [0.15, 0.2) is 48.5 Å². The second kappa shape index (κ2) is 7.28. The largest absolute Gasteiger partial charge is 0.340 e. The molecule has 4 nitrogen and oxygen atoms in total.